The lowest BCUT2D eigenvalue weighted by Gasteiger charge is -2.15. The Kier molecular flexibility index (Phi) is 6.68. The molecular weight excluding hydrogens is 474 g/mol. The summed E-state index contributed by atoms with van der Waals surface area (Å²) >= 11 is 5.78. The lowest BCUT2D eigenvalue weighted by molar-refractivity contribution is -0.143. The van der Waals surface area contributed by atoms with E-state index in [-0.39, 0.29) is 17.3 Å². The fourth-order valence-electron chi connectivity index (χ4n) is 2.80. The highest BCUT2D eigenvalue weighted by molar-refractivity contribution is 6.30. The van der Waals surface area contributed by atoms with Crippen molar-refractivity contribution in [2.75, 3.05) is 10.6 Å². The van der Waals surface area contributed by atoms with Gasteiger partial charge in [-0.3, -0.25) is 9.59 Å². The average molecular weight is 487 g/mol. The van der Waals surface area contributed by atoms with Gasteiger partial charge in [0.2, 0.25) is 0 Å². The molecule has 2 amide bonds. The number of rotatable bonds is 4. The molecule has 11 heteroatoms. The van der Waals surface area contributed by atoms with Crippen LogP contribution in [0, 0.1) is 0 Å². The molecular formula is C22H13ClF6N2O2. The van der Waals surface area contributed by atoms with Gasteiger partial charge in [-0.15, -0.1) is 0 Å². The quantitative estimate of drug-likeness (QED) is 0.395. The minimum Gasteiger partial charge on any atom is -0.322 e. The number of nitrogens with one attached hydrogen (secondary N) is 2. The van der Waals surface area contributed by atoms with Gasteiger partial charge in [-0.05, 0) is 54.6 Å². The van der Waals surface area contributed by atoms with Gasteiger partial charge in [0.05, 0.1) is 22.4 Å². The predicted octanol–water partition coefficient (Wildman–Crippen LogP) is 6.88. The number of anilines is 2. The Bertz CT molecular complexity index is 1160. The average Bonchev–Trinajstić information content (AvgIpc) is 2.74. The van der Waals surface area contributed by atoms with Crippen LogP contribution in [-0.2, 0) is 12.4 Å². The van der Waals surface area contributed by atoms with E-state index in [2.05, 4.69) is 10.6 Å². The van der Waals surface area contributed by atoms with Crippen LogP contribution in [0.25, 0.3) is 0 Å². The standard InChI is InChI=1S/C22H13ClF6N2O2/c23-15-5-7-16(8-6-15)30-20(33)17-3-1-2-4-18(17)31-19(32)12-9-13(21(24,25)26)11-14(10-12)22(27,28)29/h1-11H,(H,30,33)(H,31,32). The van der Waals surface area contributed by atoms with Gasteiger partial charge in [-0.2, -0.15) is 26.3 Å². The van der Waals surface area contributed by atoms with E-state index in [9.17, 15) is 35.9 Å². The summed E-state index contributed by atoms with van der Waals surface area (Å²) in [7, 11) is 0. The summed E-state index contributed by atoms with van der Waals surface area (Å²) < 4.78 is 78.4. The Morgan fingerprint density at radius 2 is 1.24 bits per heavy atom. The third kappa shape index (κ3) is 6.04. The number of para-hydroxylation sites is 1. The molecule has 0 aromatic heterocycles. The molecule has 2 N–H and O–H groups in total. The lowest BCUT2D eigenvalue weighted by Crippen LogP contribution is -2.20. The first-order valence-electron chi connectivity index (χ1n) is 9.11. The van der Waals surface area contributed by atoms with E-state index in [1.165, 1.54) is 48.5 Å². The molecule has 3 rings (SSSR count). The minimum atomic E-state index is -5.10. The molecule has 0 atom stereocenters. The van der Waals surface area contributed by atoms with Crippen molar-refractivity contribution in [3.05, 3.63) is 94.0 Å². The second kappa shape index (κ2) is 9.14. The zero-order valence-electron chi connectivity index (χ0n) is 16.3. The predicted molar refractivity (Wildman–Crippen MR) is 110 cm³/mol. The Balaban J connectivity index is 1.91. The first kappa shape index (κ1) is 24.1. The molecule has 3 aromatic rings. The molecule has 0 bridgehead atoms. The maximum Gasteiger partial charge on any atom is 0.416 e. The van der Waals surface area contributed by atoms with Gasteiger partial charge < -0.3 is 10.6 Å². The third-order valence-electron chi connectivity index (χ3n) is 4.37. The third-order valence-corrected chi connectivity index (χ3v) is 4.62. The topological polar surface area (TPSA) is 58.2 Å². The Morgan fingerprint density at radius 1 is 0.697 bits per heavy atom. The monoisotopic (exact) mass is 486 g/mol. The number of halogens is 7. The Hall–Kier alpha value is -3.53. The summed E-state index contributed by atoms with van der Waals surface area (Å²) in [5.74, 6) is -1.92. The molecule has 0 fully saturated rings. The molecule has 33 heavy (non-hydrogen) atoms. The highest BCUT2D eigenvalue weighted by atomic mass is 35.5. The number of carbonyl (C=O) groups excluding carboxylic acids is 2. The van der Waals surface area contributed by atoms with E-state index in [1.54, 1.807) is 0 Å². The van der Waals surface area contributed by atoms with Crippen molar-refractivity contribution in [1.29, 1.82) is 0 Å². The van der Waals surface area contributed by atoms with Gasteiger partial charge in [0, 0.05) is 16.3 Å². The second-order valence-electron chi connectivity index (χ2n) is 6.76. The molecule has 3 aromatic carbocycles. The maximum atomic E-state index is 13.1. The summed E-state index contributed by atoms with van der Waals surface area (Å²) in [6.07, 6.45) is -10.2. The van der Waals surface area contributed by atoms with Crippen LogP contribution < -0.4 is 10.6 Å². The summed E-state index contributed by atoms with van der Waals surface area (Å²) in [4.78, 5) is 25.2. The van der Waals surface area contributed by atoms with Crippen molar-refractivity contribution in [2.24, 2.45) is 0 Å². The highest BCUT2D eigenvalue weighted by Gasteiger charge is 2.37. The largest absolute Gasteiger partial charge is 0.416 e. The van der Waals surface area contributed by atoms with Crippen LogP contribution >= 0.6 is 11.6 Å². The molecule has 0 aliphatic heterocycles. The van der Waals surface area contributed by atoms with E-state index in [1.807, 2.05) is 0 Å². The van der Waals surface area contributed by atoms with Crippen LogP contribution in [0.5, 0.6) is 0 Å². The van der Waals surface area contributed by atoms with Crippen LogP contribution in [0.15, 0.2) is 66.7 Å². The summed E-state index contributed by atoms with van der Waals surface area (Å²) in [5.41, 5.74) is -3.93. The molecule has 0 aliphatic rings. The second-order valence-corrected chi connectivity index (χ2v) is 7.19. The normalized spacial score (nSPS) is 11.7. The van der Waals surface area contributed by atoms with Gasteiger partial charge in [-0.1, -0.05) is 23.7 Å². The number of hydrogen-bond acceptors (Lipinski definition) is 2. The van der Waals surface area contributed by atoms with Crippen LogP contribution in [-0.4, -0.2) is 11.8 Å². The van der Waals surface area contributed by atoms with Crippen LogP contribution in [0.1, 0.15) is 31.8 Å². The molecule has 0 spiro atoms. The van der Waals surface area contributed by atoms with Crippen molar-refractivity contribution < 1.29 is 35.9 Å². The summed E-state index contributed by atoms with van der Waals surface area (Å²) in [6, 6.07) is 12.1. The minimum absolute atomic E-state index is 0.0659. The van der Waals surface area contributed by atoms with Crippen LogP contribution in [0.4, 0.5) is 37.7 Å². The number of benzene rings is 3. The smallest absolute Gasteiger partial charge is 0.322 e. The number of alkyl halides is 6. The van der Waals surface area contributed by atoms with Crippen LogP contribution in [0.2, 0.25) is 5.02 Å². The van der Waals surface area contributed by atoms with Crippen molar-refractivity contribution in [1.82, 2.24) is 0 Å². The molecule has 0 saturated heterocycles. The van der Waals surface area contributed by atoms with Gasteiger partial charge in [-0.25, -0.2) is 0 Å². The Morgan fingerprint density at radius 3 is 1.79 bits per heavy atom. The van der Waals surface area contributed by atoms with Crippen molar-refractivity contribution in [3.8, 4) is 0 Å². The van der Waals surface area contributed by atoms with Crippen molar-refractivity contribution >= 4 is 34.8 Å². The molecule has 0 aliphatic carbocycles. The molecule has 0 saturated carbocycles. The zero-order valence-corrected chi connectivity index (χ0v) is 17.1. The van der Waals surface area contributed by atoms with E-state index in [4.69, 9.17) is 11.6 Å². The fourth-order valence-corrected chi connectivity index (χ4v) is 2.93. The first-order chi connectivity index (χ1) is 15.3. The first-order valence-corrected chi connectivity index (χ1v) is 9.49. The summed E-state index contributed by atoms with van der Waals surface area (Å²) in [5, 5.41) is 5.19. The SMILES string of the molecule is O=C(Nc1ccccc1C(=O)Nc1ccc(Cl)cc1)c1cc(C(F)(F)F)cc(C(F)(F)F)c1. The summed E-state index contributed by atoms with van der Waals surface area (Å²) in [6.45, 7) is 0. The highest BCUT2D eigenvalue weighted by Crippen LogP contribution is 2.36. The van der Waals surface area contributed by atoms with E-state index >= 15 is 0 Å². The van der Waals surface area contributed by atoms with Crippen molar-refractivity contribution in [2.45, 2.75) is 12.4 Å². The van der Waals surface area contributed by atoms with E-state index < -0.39 is 40.9 Å². The number of amides is 2. The number of hydrogen-bond donors (Lipinski definition) is 2. The maximum absolute atomic E-state index is 13.1. The molecule has 0 radical (unpaired) electrons. The van der Waals surface area contributed by atoms with Gasteiger partial charge in [0.15, 0.2) is 0 Å². The van der Waals surface area contributed by atoms with Gasteiger partial charge in [0.1, 0.15) is 0 Å². The molecule has 172 valence electrons. The molecule has 0 unspecified atom stereocenters. The lowest BCUT2D eigenvalue weighted by atomic mass is 10.0. The zero-order chi connectivity index (χ0) is 24.4. The van der Waals surface area contributed by atoms with Gasteiger partial charge >= 0.3 is 12.4 Å². The van der Waals surface area contributed by atoms with Crippen LogP contribution in [0.3, 0.4) is 0 Å². The molecule has 4 nitrogen and oxygen atoms in total. The van der Waals surface area contributed by atoms with E-state index in [0.29, 0.717) is 22.8 Å². The Labute approximate surface area is 188 Å². The molecule has 0 heterocycles. The fraction of sp³-hybridized carbons (Fsp3) is 0.0909. The number of carbonyl (C=O) groups is 2. The van der Waals surface area contributed by atoms with E-state index in [0.717, 1.165) is 0 Å². The van der Waals surface area contributed by atoms with Crippen molar-refractivity contribution in [3.63, 3.8) is 0 Å². The van der Waals surface area contributed by atoms with Gasteiger partial charge in [0.25, 0.3) is 11.8 Å².